The molecule has 2 aromatic rings. The smallest absolute Gasteiger partial charge is 0.119 e. The van der Waals surface area contributed by atoms with Crippen LogP contribution < -0.4 is 4.74 Å². The van der Waals surface area contributed by atoms with Crippen LogP contribution in [0.1, 0.15) is 28.5 Å². The summed E-state index contributed by atoms with van der Waals surface area (Å²) in [6, 6.07) is 10.4. The van der Waals surface area contributed by atoms with E-state index >= 15 is 0 Å². The number of pyridine rings is 1. The molecule has 0 saturated heterocycles. The van der Waals surface area contributed by atoms with Crippen LogP contribution in [-0.4, -0.2) is 44.2 Å². The molecule has 0 aliphatic heterocycles. The first-order valence-electron chi connectivity index (χ1n) is 8.06. The molecule has 1 atom stereocenters. The van der Waals surface area contributed by atoms with E-state index in [1.54, 1.807) is 7.11 Å². The van der Waals surface area contributed by atoms with Crippen LogP contribution in [0.3, 0.4) is 0 Å². The molecule has 0 radical (unpaired) electrons. The van der Waals surface area contributed by atoms with E-state index in [4.69, 9.17) is 9.47 Å². The Morgan fingerprint density at radius 2 is 2.04 bits per heavy atom. The molecule has 0 unspecified atom stereocenters. The third kappa shape index (κ3) is 3.54. The Balaban J connectivity index is 1.99. The summed E-state index contributed by atoms with van der Waals surface area (Å²) in [5.74, 6) is 0.872. The number of hydrogen-bond acceptors (Lipinski definition) is 4. The summed E-state index contributed by atoms with van der Waals surface area (Å²) in [6.45, 7) is 1.58. The molecule has 4 heteroatoms. The minimum atomic E-state index is -0.0775. The number of benzene rings is 1. The quantitative estimate of drug-likeness (QED) is 0.850. The second-order valence-electron chi connectivity index (χ2n) is 6.16. The summed E-state index contributed by atoms with van der Waals surface area (Å²) in [6.07, 6.45) is 3.72. The second kappa shape index (κ2) is 7.11. The van der Waals surface area contributed by atoms with E-state index in [0.717, 1.165) is 30.8 Å². The predicted octanol–water partition coefficient (Wildman–Crippen LogP) is 2.86. The molecule has 0 saturated carbocycles. The van der Waals surface area contributed by atoms with Crippen molar-refractivity contribution in [2.45, 2.75) is 18.9 Å². The summed E-state index contributed by atoms with van der Waals surface area (Å²) < 4.78 is 11.7. The number of ether oxygens (including phenoxy) is 2. The van der Waals surface area contributed by atoms with Gasteiger partial charge in [0.15, 0.2) is 0 Å². The molecule has 1 aromatic heterocycles. The molecule has 0 bridgehead atoms. The molecular weight excluding hydrogens is 288 g/mol. The van der Waals surface area contributed by atoms with E-state index in [0.29, 0.717) is 6.61 Å². The Labute approximate surface area is 138 Å². The Morgan fingerprint density at radius 3 is 2.83 bits per heavy atom. The third-order valence-corrected chi connectivity index (χ3v) is 4.30. The fraction of sp³-hybridized carbons (Fsp3) is 0.421. The first kappa shape index (κ1) is 16.0. The van der Waals surface area contributed by atoms with Gasteiger partial charge in [-0.2, -0.15) is 0 Å². The van der Waals surface area contributed by atoms with Gasteiger partial charge in [0.05, 0.1) is 13.7 Å². The van der Waals surface area contributed by atoms with E-state index in [1.807, 2.05) is 18.3 Å². The van der Waals surface area contributed by atoms with Crippen LogP contribution in [0, 0.1) is 0 Å². The zero-order valence-corrected chi connectivity index (χ0v) is 14.1. The van der Waals surface area contributed by atoms with Crippen molar-refractivity contribution in [1.82, 2.24) is 9.88 Å². The molecule has 122 valence electrons. The van der Waals surface area contributed by atoms with E-state index < -0.39 is 0 Å². The molecule has 23 heavy (non-hydrogen) atoms. The predicted molar refractivity (Wildman–Crippen MR) is 91.0 cm³/mol. The van der Waals surface area contributed by atoms with E-state index in [2.05, 4.69) is 42.2 Å². The van der Waals surface area contributed by atoms with Crippen molar-refractivity contribution in [1.29, 1.82) is 0 Å². The Hall–Kier alpha value is -1.91. The van der Waals surface area contributed by atoms with E-state index in [9.17, 15) is 0 Å². The van der Waals surface area contributed by atoms with Crippen molar-refractivity contribution in [3.63, 3.8) is 0 Å². The summed E-state index contributed by atoms with van der Waals surface area (Å²) in [4.78, 5) is 6.71. The lowest BCUT2D eigenvalue weighted by molar-refractivity contribution is 0.0680. The number of aromatic nitrogens is 1. The van der Waals surface area contributed by atoms with Gasteiger partial charge in [-0.15, -0.1) is 0 Å². The highest BCUT2D eigenvalue weighted by atomic mass is 16.5. The van der Waals surface area contributed by atoms with Gasteiger partial charge in [0, 0.05) is 24.0 Å². The number of fused-ring (bicyclic) bond motifs is 2. The largest absolute Gasteiger partial charge is 0.497 e. The molecular formula is C19H24N2O2. The van der Waals surface area contributed by atoms with Crippen molar-refractivity contribution in [3.05, 3.63) is 58.9 Å². The van der Waals surface area contributed by atoms with Gasteiger partial charge >= 0.3 is 0 Å². The highest BCUT2D eigenvalue weighted by Crippen LogP contribution is 2.36. The average molecular weight is 312 g/mol. The Bertz CT molecular complexity index is 670. The van der Waals surface area contributed by atoms with E-state index in [1.165, 1.54) is 16.7 Å². The average Bonchev–Trinajstić information content (AvgIpc) is 2.71. The van der Waals surface area contributed by atoms with Crippen molar-refractivity contribution >= 4 is 0 Å². The molecule has 0 spiro atoms. The van der Waals surface area contributed by atoms with Gasteiger partial charge in [-0.05, 0) is 56.3 Å². The SMILES string of the molecule is COc1ccc2c(c1)[C@H](OCCN(C)C)c1cccnc1CC2. The lowest BCUT2D eigenvalue weighted by atomic mass is 9.98. The zero-order chi connectivity index (χ0) is 16.2. The highest BCUT2D eigenvalue weighted by Gasteiger charge is 2.25. The summed E-state index contributed by atoms with van der Waals surface area (Å²) in [7, 11) is 5.82. The third-order valence-electron chi connectivity index (χ3n) is 4.30. The molecule has 1 aliphatic carbocycles. The Morgan fingerprint density at radius 1 is 1.17 bits per heavy atom. The maximum Gasteiger partial charge on any atom is 0.119 e. The molecule has 0 fully saturated rings. The number of rotatable bonds is 5. The molecule has 3 rings (SSSR count). The van der Waals surface area contributed by atoms with Gasteiger partial charge < -0.3 is 14.4 Å². The maximum absolute atomic E-state index is 6.29. The van der Waals surface area contributed by atoms with Crippen molar-refractivity contribution in [2.75, 3.05) is 34.4 Å². The molecule has 0 N–H and O–H groups in total. The van der Waals surface area contributed by atoms with Crippen molar-refractivity contribution < 1.29 is 9.47 Å². The van der Waals surface area contributed by atoms with Crippen LogP contribution in [0.2, 0.25) is 0 Å². The minimum absolute atomic E-state index is 0.0775. The fourth-order valence-corrected chi connectivity index (χ4v) is 3.02. The zero-order valence-electron chi connectivity index (χ0n) is 14.1. The van der Waals surface area contributed by atoms with Crippen LogP contribution in [-0.2, 0) is 17.6 Å². The van der Waals surface area contributed by atoms with Gasteiger partial charge in [0.25, 0.3) is 0 Å². The molecule has 1 aliphatic rings. The van der Waals surface area contributed by atoms with Crippen LogP contribution in [0.5, 0.6) is 5.75 Å². The monoisotopic (exact) mass is 312 g/mol. The maximum atomic E-state index is 6.29. The number of hydrogen-bond donors (Lipinski definition) is 0. The lowest BCUT2D eigenvalue weighted by Gasteiger charge is -2.22. The summed E-state index contributed by atoms with van der Waals surface area (Å²) in [5, 5.41) is 0. The van der Waals surface area contributed by atoms with Gasteiger partial charge in [-0.1, -0.05) is 12.1 Å². The first-order chi connectivity index (χ1) is 11.2. The second-order valence-corrected chi connectivity index (χ2v) is 6.16. The Kier molecular flexibility index (Phi) is 4.94. The van der Waals surface area contributed by atoms with Crippen LogP contribution in [0.4, 0.5) is 0 Å². The molecule has 1 aromatic carbocycles. The first-order valence-corrected chi connectivity index (χ1v) is 8.06. The molecule has 4 nitrogen and oxygen atoms in total. The standard InChI is InChI=1S/C19H24N2O2/c1-21(2)11-12-23-19-16-5-4-10-20-18(16)9-7-14-6-8-15(22-3)13-17(14)19/h4-6,8,10,13,19H,7,9,11-12H2,1-3H3/t19-/m1/s1. The van der Waals surface area contributed by atoms with Gasteiger partial charge in [0.1, 0.15) is 11.9 Å². The van der Waals surface area contributed by atoms with Gasteiger partial charge in [-0.25, -0.2) is 0 Å². The number of likely N-dealkylation sites (N-methyl/N-ethyl adjacent to an activating group) is 1. The van der Waals surface area contributed by atoms with Crippen LogP contribution in [0.25, 0.3) is 0 Å². The van der Waals surface area contributed by atoms with Gasteiger partial charge in [-0.3, -0.25) is 4.98 Å². The van der Waals surface area contributed by atoms with Gasteiger partial charge in [0.2, 0.25) is 0 Å². The van der Waals surface area contributed by atoms with E-state index in [-0.39, 0.29) is 6.10 Å². The number of methoxy groups -OCH3 is 1. The van der Waals surface area contributed by atoms with Crippen molar-refractivity contribution in [3.8, 4) is 5.75 Å². The number of aryl methyl sites for hydroxylation is 2. The lowest BCUT2D eigenvalue weighted by Crippen LogP contribution is -2.20. The van der Waals surface area contributed by atoms with Crippen molar-refractivity contribution in [2.24, 2.45) is 0 Å². The topological polar surface area (TPSA) is 34.6 Å². The van der Waals surface area contributed by atoms with Crippen LogP contribution in [0.15, 0.2) is 36.5 Å². The van der Waals surface area contributed by atoms with Crippen LogP contribution >= 0.6 is 0 Å². The molecule has 0 amide bonds. The fourth-order valence-electron chi connectivity index (χ4n) is 3.02. The molecule has 1 heterocycles. The normalized spacial score (nSPS) is 16.6. The number of nitrogens with zero attached hydrogens (tertiary/aromatic N) is 2. The highest BCUT2D eigenvalue weighted by molar-refractivity contribution is 5.44. The minimum Gasteiger partial charge on any atom is -0.497 e. The summed E-state index contributed by atoms with van der Waals surface area (Å²) >= 11 is 0. The summed E-state index contributed by atoms with van der Waals surface area (Å²) in [5.41, 5.74) is 4.84.